The standard InChI is InChI=1S/C16H26OSi/c1-12(2)15-16(13(3)11-17-15)18(4,5)14-9-7-6-8-10-14/h6-10,12-13,15-16H,11H2,1-5H3/t13-,15-,16-/m0/s1. The van der Waals surface area contributed by atoms with E-state index in [0.29, 0.717) is 17.9 Å². The average Bonchev–Trinajstić information content (AvgIpc) is 2.73. The molecule has 0 spiro atoms. The smallest absolute Gasteiger partial charge is 0.0865 e. The van der Waals surface area contributed by atoms with Crippen LogP contribution in [0.2, 0.25) is 18.6 Å². The molecule has 1 aliphatic heterocycles. The van der Waals surface area contributed by atoms with Crippen LogP contribution in [0.5, 0.6) is 0 Å². The zero-order valence-corrected chi connectivity index (χ0v) is 13.3. The van der Waals surface area contributed by atoms with Gasteiger partial charge in [0.15, 0.2) is 0 Å². The van der Waals surface area contributed by atoms with Gasteiger partial charge >= 0.3 is 0 Å². The van der Waals surface area contributed by atoms with Crippen molar-refractivity contribution in [2.24, 2.45) is 11.8 Å². The second-order valence-electron chi connectivity index (χ2n) is 6.63. The van der Waals surface area contributed by atoms with Gasteiger partial charge in [0, 0.05) is 6.61 Å². The fourth-order valence-electron chi connectivity index (χ4n) is 3.58. The van der Waals surface area contributed by atoms with Crippen molar-refractivity contribution in [1.82, 2.24) is 0 Å². The maximum absolute atomic E-state index is 6.08. The van der Waals surface area contributed by atoms with Crippen LogP contribution in [0.3, 0.4) is 0 Å². The van der Waals surface area contributed by atoms with Gasteiger partial charge in [-0.1, -0.05) is 69.4 Å². The SMILES string of the molecule is CC(C)[C@@H]1OC[C@H](C)[C@@H]1[Si](C)(C)c1ccccc1. The van der Waals surface area contributed by atoms with Crippen LogP contribution in [0.1, 0.15) is 20.8 Å². The molecule has 3 atom stereocenters. The van der Waals surface area contributed by atoms with E-state index in [1.807, 2.05) is 0 Å². The minimum Gasteiger partial charge on any atom is -0.378 e. The zero-order valence-electron chi connectivity index (χ0n) is 12.3. The summed E-state index contributed by atoms with van der Waals surface area (Å²) in [6.45, 7) is 12.9. The Hall–Kier alpha value is -0.603. The third-order valence-corrected chi connectivity index (χ3v) is 8.91. The van der Waals surface area contributed by atoms with Gasteiger partial charge in [0.2, 0.25) is 0 Å². The average molecular weight is 262 g/mol. The Bertz CT molecular complexity index is 385. The van der Waals surface area contributed by atoms with E-state index in [2.05, 4.69) is 64.2 Å². The summed E-state index contributed by atoms with van der Waals surface area (Å²) in [5.74, 6) is 1.31. The third-order valence-electron chi connectivity index (χ3n) is 4.53. The minimum atomic E-state index is -1.46. The topological polar surface area (TPSA) is 9.23 Å². The maximum Gasteiger partial charge on any atom is 0.0865 e. The summed E-state index contributed by atoms with van der Waals surface area (Å²) in [5, 5.41) is 1.57. The van der Waals surface area contributed by atoms with Crippen LogP contribution >= 0.6 is 0 Å². The molecule has 2 heteroatoms. The van der Waals surface area contributed by atoms with Crippen molar-refractivity contribution in [3.05, 3.63) is 30.3 Å². The van der Waals surface area contributed by atoms with Crippen LogP contribution in [-0.2, 0) is 4.74 Å². The Balaban J connectivity index is 2.33. The molecule has 0 saturated carbocycles. The number of rotatable bonds is 3. The lowest BCUT2D eigenvalue weighted by Gasteiger charge is -2.37. The van der Waals surface area contributed by atoms with E-state index in [-0.39, 0.29) is 0 Å². The molecular formula is C16H26OSi. The molecule has 2 rings (SSSR count). The summed E-state index contributed by atoms with van der Waals surface area (Å²) < 4.78 is 6.08. The number of hydrogen-bond acceptors (Lipinski definition) is 1. The van der Waals surface area contributed by atoms with E-state index in [1.165, 1.54) is 0 Å². The highest BCUT2D eigenvalue weighted by molar-refractivity contribution is 6.91. The molecule has 1 fully saturated rings. The molecule has 1 nitrogen and oxygen atoms in total. The Morgan fingerprint density at radius 2 is 1.78 bits per heavy atom. The van der Waals surface area contributed by atoms with Crippen LogP contribution in [0.4, 0.5) is 0 Å². The van der Waals surface area contributed by atoms with E-state index in [1.54, 1.807) is 5.19 Å². The van der Waals surface area contributed by atoms with Gasteiger partial charge in [0.1, 0.15) is 0 Å². The van der Waals surface area contributed by atoms with Crippen molar-refractivity contribution >= 4 is 13.3 Å². The highest BCUT2D eigenvalue weighted by Crippen LogP contribution is 2.42. The molecule has 0 amide bonds. The fraction of sp³-hybridized carbons (Fsp3) is 0.625. The van der Waals surface area contributed by atoms with Crippen molar-refractivity contribution in [2.45, 2.75) is 45.5 Å². The molecule has 0 radical (unpaired) electrons. The quantitative estimate of drug-likeness (QED) is 0.755. The molecule has 1 saturated heterocycles. The van der Waals surface area contributed by atoms with E-state index in [4.69, 9.17) is 4.74 Å². The van der Waals surface area contributed by atoms with Crippen LogP contribution in [0, 0.1) is 11.8 Å². The summed E-state index contributed by atoms with van der Waals surface area (Å²) in [6, 6.07) is 11.1. The first kappa shape index (κ1) is 13.8. The van der Waals surface area contributed by atoms with Gasteiger partial charge in [0.25, 0.3) is 0 Å². The Kier molecular flexibility index (Phi) is 3.98. The number of hydrogen-bond donors (Lipinski definition) is 0. The third kappa shape index (κ3) is 2.41. The molecule has 1 aromatic carbocycles. The Morgan fingerprint density at radius 1 is 1.17 bits per heavy atom. The van der Waals surface area contributed by atoms with Gasteiger partial charge in [-0.05, 0) is 17.4 Å². The Morgan fingerprint density at radius 3 is 2.33 bits per heavy atom. The molecule has 0 aliphatic carbocycles. The minimum absolute atomic E-state index is 0.446. The maximum atomic E-state index is 6.08. The molecule has 100 valence electrons. The van der Waals surface area contributed by atoms with E-state index >= 15 is 0 Å². The van der Waals surface area contributed by atoms with Gasteiger partial charge in [-0.25, -0.2) is 0 Å². The highest BCUT2D eigenvalue weighted by atomic mass is 28.3. The molecule has 0 aromatic heterocycles. The van der Waals surface area contributed by atoms with Crippen molar-refractivity contribution in [3.8, 4) is 0 Å². The summed E-state index contributed by atoms with van der Waals surface area (Å²) in [4.78, 5) is 0. The fourth-order valence-corrected chi connectivity index (χ4v) is 7.84. The van der Waals surface area contributed by atoms with Crippen molar-refractivity contribution in [2.75, 3.05) is 6.61 Å². The predicted molar refractivity (Wildman–Crippen MR) is 81.1 cm³/mol. The van der Waals surface area contributed by atoms with Crippen LogP contribution in [0.25, 0.3) is 0 Å². The highest BCUT2D eigenvalue weighted by Gasteiger charge is 2.47. The zero-order chi connectivity index (χ0) is 13.3. The van der Waals surface area contributed by atoms with Crippen LogP contribution in [0.15, 0.2) is 30.3 Å². The van der Waals surface area contributed by atoms with Gasteiger partial charge in [-0.3, -0.25) is 0 Å². The molecule has 0 unspecified atom stereocenters. The lowest BCUT2D eigenvalue weighted by molar-refractivity contribution is 0.0730. The first-order chi connectivity index (χ1) is 8.44. The van der Waals surface area contributed by atoms with Crippen LogP contribution in [-0.4, -0.2) is 20.8 Å². The van der Waals surface area contributed by atoms with E-state index in [9.17, 15) is 0 Å². The summed E-state index contributed by atoms with van der Waals surface area (Å²) >= 11 is 0. The van der Waals surface area contributed by atoms with Crippen molar-refractivity contribution in [3.63, 3.8) is 0 Å². The van der Waals surface area contributed by atoms with Crippen molar-refractivity contribution in [1.29, 1.82) is 0 Å². The van der Waals surface area contributed by atoms with Gasteiger partial charge in [-0.15, -0.1) is 0 Å². The molecule has 0 N–H and O–H groups in total. The monoisotopic (exact) mass is 262 g/mol. The largest absolute Gasteiger partial charge is 0.378 e. The lowest BCUT2D eigenvalue weighted by Crippen LogP contribution is -2.51. The number of benzene rings is 1. The summed E-state index contributed by atoms with van der Waals surface area (Å²) in [7, 11) is -1.46. The molecule has 18 heavy (non-hydrogen) atoms. The van der Waals surface area contributed by atoms with Gasteiger partial charge < -0.3 is 4.74 Å². The molecular weight excluding hydrogens is 236 g/mol. The van der Waals surface area contributed by atoms with E-state index in [0.717, 1.165) is 12.1 Å². The second kappa shape index (κ2) is 5.18. The molecule has 1 heterocycles. The summed E-state index contributed by atoms with van der Waals surface area (Å²) in [5.41, 5.74) is 0.736. The summed E-state index contributed by atoms with van der Waals surface area (Å²) in [6.07, 6.45) is 0.446. The molecule has 1 aromatic rings. The van der Waals surface area contributed by atoms with Gasteiger partial charge in [0.05, 0.1) is 14.2 Å². The van der Waals surface area contributed by atoms with Crippen molar-refractivity contribution < 1.29 is 4.74 Å². The first-order valence-corrected chi connectivity index (χ1v) is 10.2. The van der Waals surface area contributed by atoms with Gasteiger partial charge in [-0.2, -0.15) is 0 Å². The first-order valence-electron chi connectivity index (χ1n) is 7.11. The second-order valence-corrected chi connectivity index (χ2v) is 11.3. The lowest BCUT2D eigenvalue weighted by atomic mass is 9.99. The normalized spacial score (nSPS) is 28.9. The molecule has 1 aliphatic rings. The van der Waals surface area contributed by atoms with E-state index < -0.39 is 8.07 Å². The predicted octanol–water partition coefficient (Wildman–Crippen LogP) is 3.66. The number of ether oxygens (including phenoxy) is 1. The molecule has 0 bridgehead atoms. The van der Waals surface area contributed by atoms with Crippen LogP contribution < -0.4 is 5.19 Å². The Labute approximate surface area is 113 Å².